The van der Waals surface area contributed by atoms with Gasteiger partial charge in [-0.25, -0.2) is 0 Å². The minimum absolute atomic E-state index is 0.384. The zero-order valence-electron chi connectivity index (χ0n) is 8.86. The third kappa shape index (κ3) is 2.86. The largest absolute Gasteiger partial charge is 0.381 e. The molecule has 0 spiro atoms. The molecule has 0 aromatic heterocycles. The highest BCUT2D eigenvalue weighted by Crippen LogP contribution is 2.26. The van der Waals surface area contributed by atoms with E-state index in [9.17, 15) is 0 Å². The maximum absolute atomic E-state index is 5.37. The van der Waals surface area contributed by atoms with E-state index in [4.69, 9.17) is 4.74 Å². The minimum Gasteiger partial charge on any atom is -0.381 e. The Kier molecular flexibility index (Phi) is 4.56. The van der Waals surface area contributed by atoms with Gasteiger partial charge in [0.05, 0.1) is 11.5 Å². The SMILES string of the molecule is CCN1CC(C(C)OC)CCC1S. The second kappa shape index (κ2) is 5.23. The molecule has 0 amide bonds. The van der Waals surface area contributed by atoms with Crippen LogP contribution in [0.1, 0.15) is 26.7 Å². The molecule has 78 valence electrons. The molecule has 1 fully saturated rings. The summed E-state index contributed by atoms with van der Waals surface area (Å²) in [7, 11) is 1.80. The van der Waals surface area contributed by atoms with Gasteiger partial charge in [0.15, 0.2) is 0 Å². The summed E-state index contributed by atoms with van der Waals surface area (Å²) in [5.74, 6) is 0.688. The van der Waals surface area contributed by atoms with Gasteiger partial charge >= 0.3 is 0 Å². The summed E-state index contributed by atoms with van der Waals surface area (Å²) in [6.45, 7) is 6.60. The van der Waals surface area contributed by atoms with E-state index in [2.05, 4.69) is 31.4 Å². The average Bonchev–Trinajstić information content (AvgIpc) is 2.17. The average molecular weight is 203 g/mol. The van der Waals surface area contributed by atoms with E-state index in [1.807, 2.05) is 0 Å². The lowest BCUT2D eigenvalue weighted by Crippen LogP contribution is -2.43. The van der Waals surface area contributed by atoms with Crippen molar-refractivity contribution in [2.45, 2.75) is 38.2 Å². The molecule has 13 heavy (non-hydrogen) atoms. The third-order valence-corrected chi connectivity index (χ3v) is 3.71. The maximum Gasteiger partial charge on any atom is 0.0583 e. The molecule has 3 atom stereocenters. The normalized spacial score (nSPS) is 33.2. The van der Waals surface area contributed by atoms with Crippen molar-refractivity contribution in [3.8, 4) is 0 Å². The number of methoxy groups -OCH3 is 1. The molecule has 0 aliphatic carbocycles. The highest BCUT2D eigenvalue weighted by Gasteiger charge is 2.28. The van der Waals surface area contributed by atoms with E-state index < -0.39 is 0 Å². The molecule has 1 saturated heterocycles. The molecule has 1 rings (SSSR count). The summed E-state index contributed by atoms with van der Waals surface area (Å²) < 4.78 is 5.37. The van der Waals surface area contributed by atoms with Gasteiger partial charge in [-0.15, -0.1) is 0 Å². The molecule has 1 aliphatic rings. The van der Waals surface area contributed by atoms with Gasteiger partial charge < -0.3 is 4.74 Å². The van der Waals surface area contributed by atoms with E-state index in [0.29, 0.717) is 17.4 Å². The first kappa shape index (κ1) is 11.3. The van der Waals surface area contributed by atoms with Crippen molar-refractivity contribution >= 4 is 12.6 Å². The molecule has 0 radical (unpaired) electrons. The second-order valence-electron chi connectivity index (χ2n) is 3.85. The zero-order chi connectivity index (χ0) is 9.84. The fourth-order valence-corrected chi connectivity index (χ4v) is 2.38. The molecule has 0 aromatic rings. The summed E-state index contributed by atoms with van der Waals surface area (Å²) in [4.78, 5) is 2.42. The van der Waals surface area contributed by atoms with Crippen LogP contribution in [0.4, 0.5) is 0 Å². The van der Waals surface area contributed by atoms with Gasteiger partial charge in [-0.1, -0.05) is 6.92 Å². The van der Waals surface area contributed by atoms with Crippen molar-refractivity contribution in [3.05, 3.63) is 0 Å². The van der Waals surface area contributed by atoms with Crippen LogP contribution < -0.4 is 0 Å². The van der Waals surface area contributed by atoms with Crippen LogP contribution >= 0.6 is 12.6 Å². The van der Waals surface area contributed by atoms with Crippen LogP contribution in [-0.4, -0.2) is 36.6 Å². The Morgan fingerprint density at radius 1 is 1.54 bits per heavy atom. The molecule has 0 saturated carbocycles. The summed E-state index contributed by atoms with van der Waals surface area (Å²) in [6, 6.07) is 0. The van der Waals surface area contributed by atoms with Crippen molar-refractivity contribution in [2.24, 2.45) is 5.92 Å². The number of nitrogens with zero attached hydrogens (tertiary/aromatic N) is 1. The molecule has 0 bridgehead atoms. The fraction of sp³-hybridized carbons (Fsp3) is 1.00. The standard InChI is InChI=1S/C10H21NOS/c1-4-11-7-9(8(2)12-3)5-6-10(11)13/h8-10,13H,4-7H2,1-3H3. The summed E-state index contributed by atoms with van der Waals surface area (Å²) in [5.41, 5.74) is 0. The maximum atomic E-state index is 5.37. The Bertz CT molecular complexity index is 154. The van der Waals surface area contributed by atoms with E-state index >= 15 is 0 Å². The third-order valence-electron chi connectivity index (χ3n) is 3.13. The predicted octanol–water partition coefficient (Wildman–Crippen LogP) is 2.01. The van der Waals surface area contributed by atoms with E-state index in [1.54, 1.807) is 7.11 Å². The van der Waals surface area contributed by atoms with Gasteiger partial charge in [-0.05, 0) is 32.2 Å². The van der Waals surface area contributed by atoms with Crippen LogP contribution in [0, 0.1) is 5.92 Å². The van der Waals surface area contributed by atoms with Crippen LogP contribution in [-0.2, 0) is 4.74 Å². The van der Waals surface area contributed by atoms with Crippen molar-refractivity contribution < 1.29 is 4.74 Å². The first-order valence-electron chi connectivity index (χ1n) is 5.14. The van der Waals surface area contributed by atoms with Gasteiger partial charge in [0.1, 0.15) is 0 Å². The van der Waals surface area contributed by atoms with E-state index in [-0.39, 0.29) is 0 Å². The number of ether oxygens (including phenoxy) is 1. The Hall–Kier alpha value is 0.270. The monoisotopic (exact) mass is 203 g/mol. The number of thiol groups is 1. The second-order valence-corrected chi connectivity index (χ2v) is 4.44. The van der Waals surface area contributed by atoms with E-state index in [1.165, 1.54) is 12.8 Å². The molecular weight excluding hydrogens is 182 g/mol. The first-order chi connectivity index (χ1) is 6.19. The van der Waals surface area contributed by atoms with Crippen molar-refractivity contribution in [3.63, 3.8) is 0 Å². The van der Waals surface area contributed by atoms with Crippen molar-refractivity contribution in [1.82, 2.24) is 4.90 Å². The highest BCUT2D eigenvalue weighted by molar-refractivity contribution is 7.80. The Morgan fingerprint density at radius 2 is 2.23 bits per heavy atom. The Labute approximate surface area is 87.0 Å². The smallest absolute Gasteiger partial charge is 0.0583 e. The quantitative estimate of drug-likeness (QED) is 0.704. The Balaban J connectivity index is 2.44. The number of hydrogen-bond donors (Lipinski definition) is 1. The van der Waals surface area contributed by atoms with Gasteiger partial charge in [-0.2, -0.15) is 12.6 Å². The molecule has 0 aromatic carbocycles. The molecule has 1 heterocycles. The summed E-state index contributed by atoms with van der Waals surface area (Å²) >= 11 is 4.56. The molecular formula is C10H21NOS. The number of piperidine rings is 1. The lowest BCUT2D eigenvalue weighted by molar-refractivity contribution is 0.0244. The predicted molar refractivity (Wildman–Crippen MR) is 59.2 cm³/mol. The molecule has 0 N–H and O–H groups in total. The first-order valence-corrected chi connectivity index (χ1v) is 5.65. The topological polar surface area (TPSA) is 12.5 Å². The van der Waals surface area contributed by atoms with Crippen LogP contribution in [0.15, 0.2) is 0 Å². The van der Waals surface area contributed by atoms with Crippen LogP contribution in [0.3, 0.4) is 0 Å². The van der Waals surface area contributed by atoms with Crippen LogP contribution in [0.25, 0.3) is 0 Å². The fourth-order valence-electron chi connectivity index (χ4n) is 1.98. The number of hydrogen-bond acceptors (Lipinski definition) is 3. The number of rotatable bonds is 3. The van der Waals surface area contributed by atoms with Gasteiger partial charge in [-0.3, -0.25) is 4.90 Å². The molecule has 3 heteroatoms. The highest BCUT2D eigenvalue weighted by atomic mass is 32.1. The van der Waals surface area contributed by atoms with Crippen molar-refractivity contribution in [2.75, 3.05) is 20.2 Å². The van der Waals surface area contributed by atoms with E-state index in [0.717, 1.165) is 13.1 Å². The van der Waals surface area contributed by atoms with Crippen molar-refractivity contribution in [1.29, 1.82) is 0 Å². The van der Waals surface area contributed by atoms with Crippen LogP contribution in [0.2, 0.25) is 0 Å². The van der Waals surface area contributed by atoms with Crippen LogP contribution in [0.5, 0.6) is 0 Å². The molecule has 3 unspecified atom stereocenters. The van der Waals surface area contributed by atoms with Gasteiger partial charge in [0, 0.05) is 13.7 Å². The molecule has 1 aliphatic heterocycles. The lowest BCUT2D eigenvalue weighted by atomic mass is 9.93. The summed E-state index contributed by atoms with van der Waals surface area (Å²) in [5, 5.41) is 0.463. The zero-order valence-corrected chi connectivity index (χ0v) is 9.76. The molecule has 2 nitrogen and oxygen atoms in total. The number of likely N-dealkylation sites (tertiary alicyclic amines) is 1. The summed E-state index contributed by atoms with van der Waals surface area (Å²) in [6.07, 6.45) is 2.82. The van der Waals surface area contributed by atoms with Gasteiger partial charge in [0.2, 0.25) is 0 Å². The lowest BCUT2D eigenvalue weighted by Gasteiger charge is -2.38. The Morgan fingerprint density at radius 3 is 2.77 bits per heavy atom. The van der Waals surface area contributed by atoms with Gasteiger partial charge in [0.25, 0.3) is 0 Å². The minimum atomic E-state index is 0.384.